The van der Waals surface area contributed by atoms with Crippen LogP contribution in [-0.2, 0) is 17.5 Å². The quantitative estimate of drug-likeness (QED) is 0.690. The van der Waals surface area contributed by atoms with Gasteiger partial charge in [0.2, 0.25) is 11.7 Å². The van der Waals surface area contributed by atoms with Crippen molar-refractivity contribution in [3.05, 3.63) is 52.0 Å². The smallest absolute Gasteiger partial charge is 0.358 e. The molecule has 1 aromatic heterocycles. The summed E-state index contributed by atoms with van der Waals surface area (Å²) < 4.78 is 38.6. The Bertz CT molecular complexity index is 738. The summed E-state index contributed by atoms with van der Waals surface area (Å²) in [7, 11) is 0. The largest absolute Gasteiger partial charge is 0.416 e. The Labute approximate surface area is 127 Å². The number of nitrogens with zero attached hydrogens (tertiary/aromatic N) is 3. The number of carbonyl (C=O) groups excluding carboxylic acids is 1. The van der Waals surface area contributed by atoms with Gasteiger partial charge in [-0.05, 0) is 34.2 Å². The molecule has 0 aliphatic carbocycles. The molecule has 23 heavy (non-hydrogen) atoms. The number of carbonyl (C=O) groups is 1. The van der Waals surface area contributed by atoms with Crippen LogP contribution >= 0.6 is 0 Å². The third-order valence-corrected chi connectivity index (χ3v) is 2.96. The van der Waals surface area contributed by atoms with E-state index < -0.39 is 22.6 Å². The molecule has 1 aromatic carbocycles. The van der Waals surface area contributed by atoms with Gasteiger partial charge in [0.05, 0.1) is 5.56 Å². The molecule has 0 fully saturated rings. The summed E-state index contributed by atoms with van der Waals surface area (Å²) in [5.41, 5.74) is -0.633. The van der Waals surface area contributed by atoms with E-state index >= 15 is 0 Å². The molecule has 1 N–H and O–H groups in total. The highest BCUT2D eigenvalue weighted by Gasteiger charge is 2.30. The van der Waals surface area contributed by atoms with E-state index in [9.17, 15) is 28.1 Å². The van der Waals surface area contributed by atoms with Crippen LogP contribution in [0, 0.1) is 17.0 Å². The first-order valence-electron chi connectivity index (χ1n) is 6.32. The first-order valence-corrected chi connectivity index (χ1v) is 6.32. The maximum atomic E-state index is 12.4. The van der Waals surface area contributed by atoms with Gasteiger partial charge < -0.3 is 15.4 Å². The minimum Gasteiger partial charge on any atom is -0.358 e. The Kier molecular flexibility index (Phi) is 4.34. The number of aryl methyl sites for hydroxylation is 1. The summed E-state index contributed by atoms with van der Waals surface area (Å²) in [6.07, 6.45) is -3.34. The number of aromatic nitrogens is 2. The molecule has 2 aromatic rings. The van der Waals surface area contributed by atoms with Crippen molar-refractivity contribution in [1.82, 2.24) is 9.55 Å². The molecule has 0 saturated heterocycles. The normalized spacial score (nSPS) is 11.3. The highest BCUT2D eigenvalue weighted by Crippen LogP contribution is 2.29. The van der Waals surface area contributed by atoms with Crippen LogP contribution in [0.15, 0.2) is 30.5 Å². The second-order valence-electron chi connectivity index (χ2n) is 4.65. The second kappa shape index (κ2) is 6.07. The molecule has 0 spiro atoms. The summed E-state index contributed by atoms with van der Waals surface area (Å²) in [6, 6.07) is 3.96. The van der Waals surface area contributed by atoms with E-state index in [0.717, 1.165) is 30.5 Å². The highest BCUT2D eigenvalue weighted by atomic mass is 19.4. The highest BCUT2D eigenvalue weighted by molar-refractivity contribution is 5.90. The predicted molar refractivity (Wildman–Crippen MR) is 73.7 cm³/mol. The Balaban J connectivity index is 2.04. The van der Waals surface area contributed by atoms with Crippen molar-refractivity contribution in [2.75, 3.05) is 5.32 Å². The van der Waals surface area contributed by atoms with Crippen LogP contribution in [0.5, 0.6) is 0 Å². The second-order valence-corrected chi connectivity index (χ2v) is 4.65. The van der Waals surface area contributed by atoms with Crippen molar-refractivity contribution in [2.45, 2.75) is 19.6 Å². The molecule has 122 valence electrons. The van der Waals surface area contributed by atoms with Crippen molar-refractivity contribution in [1.29, 1.82) is 0 Å². The fourth-order valence-corrected chi connectivity index (χ4v) is 1.84. The molecule has 0 saturated carbocycles. The molecule has 10 heteroatoms. The van der Waals surface area contributed by atoms with Gasteiger partial charge in [-0.25, -0.2) is 0 Å². The van der Waals surface area contributed by atoms with Gasteiger partial charge >= 0.3 is 12.0 Å². The number of nitro groups is 1. The number of imidazole rings is 1. The van der Waals surface area contributed by atoms with E-state index in [2.05, 4.69) is 10.3 Å². The minimum atomic E-state index is -4.45. The van der Waals surface area contributed by atoms with Gasteiger partial charge in [-0.1, -0.05) is 0 Å². The molecule has 1 heterocycles. The Hall–Kier alpha value is -2.91. The topological polar surface area (TPSA) is 90.1 Å². The zero-order chi connectivity index (χ0) is 17.2. The van der Waals surface area contributed by atoms with Crippen molar-refractivity contribution < 1.29 is 22.9 Å². The van der Waals surface area contributed by atoms with E-state index in [1.807, 2.05) is 0 Å². The minimum absolute atomic E-state index is 0.190. The molecule has 0 radical (unpaired) electrons. The van der Waals surface area contributed by atoms with Crippen LogP contribution in [-0.4, -0.2) is 20.4 Å². The fraction of sp³-hybridized carbons (Fsp3) is 0.231. The summed E-state index contributed by atoms with van der Waals surface area (Å²) in [5, 5.41) is 13.0. The lowest BCUT2D eigenvalue weighted by Crippen LogP contribution is -2.19. The molecule has 2 rings (SSSR count). The summed E-state index contributed by atoms with van der Waals surface area (Å²) in [4.78, 5) is 25.4. The number of benzene rings is 1. The maximum absolute atomic E-state index is 12.4. The van der Waals surface area contributed by atoms with E-state index in [0.29, 0.717) is 0 Å². The number of anilines is 1. The van der Waals surface area contributed by atoms with E-state index in [1.165, 1.54) is 11.5 Å². The lowest BCUT2D eigenvalue weighted by atomic mass is 10.2. The number of alkyl halides is 3. The Morgan fingerprint density at radius 3 is 2.43 bits per heavy atom. The van der Waals surface area contributed by atoms with E-state index in [4.69, 9.17) is 0 Å². The molecule has 7 nitrogen and oxygen atoms in total. The van der Waals surface area contributed by atoms with Crippen LogP contribution in [0.1, 0.15) is 11.4 Å². The van der Waals surface area contributed by atoms with Crippen LogP contribution in [0.3, 0.4) is 0 Å². The van der Waals surface area contributed by atoms with Crippen molar-refractivity contribution in [2.24, 2.45) is 0 Å². The fourth-order valence-electron chi connectivity index (χ4n) is 1.84. The third kappa shape index (κ3) is 4.05. The Morgan fingerprint density at radius 2 is 1.96 bits per heavy atom. The van der Waals surface area contributed by atoms with Crippen LogP contribution in [0.2, 0.25) is 0 Å². The van der Waals surface area contributed by atoms with Crippen molar-refractivity contribution >= 4 is 17.4 Å². The van der Waals surface area contributed by atoms with Gasteiger partial charge in [0.15, 0.2) is 0 Å². The zero-order valence-electron chi connectivity index (χ0n) is 11.8. The number of halogens is 3. The standard InChI is InChI=1S/C13H11F3N4O3/c1-8-17-11(20(22)23)6-19(8)7-12(21)18-10-4-2-9(3-5-10)13(14,15)16/h2-6H,7H2,1H3,(H,18,21). The first-order chi connectivity index (χ1) is 10.7. The molecular weight excluding hydrogens is 317 g/mol. The van der Waals surface area contributed by atoms with Gasteiger partial charge in [0.25, 0.3) is 0 Å². The van der Waals surface area contributed by atoms with Crippen molar-refractivity contribution in [3.63, 3.8) is 0 Å². The number of rotatable bonds is 4. The molecule has 0 bridgehead atoms. The van der Waals surface area contributed by atoms with Gasteiger partial charge in [-0.3, -0.25) is 9.36 Å². The van der Waals surface area contributed by atoms with Gasteiger partial charge in [-0.15, -0.1) is 0 Å². The summed E-state index contributed by atoms with van der Waals surface area (Å²) in [5.74, 6) is -0.649. The lowest BCUT2D eigenvalue weighted by Gasteiger charge is -2.09. The number of nitrogens with one attached hydrogen (secondary N) is 1. The molecule has 0 unspecified atom stereocenters. The Morgan fingerprint density at radius 1 is 1.35 bits per heavy atom. The molecule has 0 aliphatic rings. The van der Waals surface area contributed by atoms with Gasteiger partial charge in [-0.2, -0.15) is 13.2 Å². The monoisotopic (exact) mass is 328 g/mol. The average molecular weight is 328 g/mol. The summed E-state index contributed by atoms with van der Waals surface area (Å²) >= 11 is 0. The molecular formula is C13H11F3N4O3. The van der Waals surface area contributed by atoms with E-state index in [1.54, 1.807) is 0 Å². The van der Waals surface area contributed by atoms with E-state index in [-0.39, 0.29) is 23.9 Å². The number of amides is 1. The average Bonchev–Trinajstić information content (AvgIpc) is 2.80. The van der Waals surface area contributed by atoms with Crippen LogP contribution in [0.4, 0.5) is 24.7 Å². The molecule has 1 amide bonds. The SMILES string of the molecule is Cc1nc([N+](=O)[O-])cn1CC(=O)Nc1ccc(C(F)(F)F)cc1. The van der Waals surface area contributed by atoms with Crippen LogP contribution < -0.4 is 5.32 Å². The predicted octanol–water partition coefficient (Wildman–Crippen LogP) is 2.76. The maximum Gasteiger partial charge on any atom is 0.416 e. The number of hydrogen-bond donors (Lipinski definition) is 1. The summed E-state index contributed by atoms with van der Waals surface area (Å²) in [6.45, 7) is 1.26. The van der Waals surface area contributed by atoms with Crippen molar-refractivity contribution in [3.8, 4) is 0 Å². The molecule has 0 atom stereocenters. The van der Waals surface area contributed by atoms with Crippen LogP contribution in [0.25, 0.3) is 0 Å². The number of hydrogen-bond acceptors (Lipinski definition) is 4. The first kappa shape index (κ1) is 16.5. The van der Waals surface area contributed by atoms with Gasteiger partial charge in [0, 0.05) is 12.6 Å². The third-order valence-electron chi connectivity index (χ3n) is 2.96. The lowest BCUT2D eigenvalue weighted by molar-refractivity contribution is -0.389. The zero-order valence-corrected chi connectivity index (χ0v) is 11.8. The van der Waals surface area contributed by atoms with Gasteiger partial charge in [0.1, 0.15) is 12.7 Å². The molecule has 0 aliphatic heterocycles.